The molecule has 1 aromatic rings. The lowest BCUT2D eigenvalue weighted by molar-refractivity contribution is -0.140. The first-order valence-electron chi connectivity index (χ1n) is 5.25. The molecule has 98 valence electrons. The Kier molecular flexibility index (Phi) is 4.43. The van der Waals surface area contributed by atoms with Crippen LogP contribution in [0.25, 0.3) is 0 Å². The predicted octanol–water partition coefficient (Wildman–Crippen LogP) is 0.686. The van der Waals surface area contributed by atoms with Gasteiger partial charge in [0.1, 0.15) is 6.04 Å². The van der Waals surface area contributed by atoms with Gasteiger partial charge in [0, 0.05) is 5.38 Å². The average Bonchev–Trinajstić information content (AvgIpc) is 2.73. The zero-order valence-corrected chi connectivity index (χ0v) is 10.8. The van der Waals surface area contributed by atoms with E-state index in [-0.39, 0.29) is 16.4 Å². The molecule has 6 nitrogen and oxygen atoms in total. The number of nitrogens with one attached hydrogen (secondary N) is 1. The topological polar surface area (TPSA) is 109 Å². The van der Waals surface area contributed by atoms with Gasteiger partial charge in [-0.2, -0.15) is 0 Å². The number of rotatable bonds is 5. The third kappa shape index (κ3) is 3.30. The molecule has 0 aliphatic carbocycles. The molecule has 1 rings (SSSR count). The van der Waals surface area contributed by atoms with Gasteiger partial charge in [0.15, 0.2) is 0 Å². The zero-order valence-electron chi connectivity index (χ0n) is 9.97. The molecule has 0 aliphatic rings. The second-order valence-corrected chi connectivity index (χ2v) is 5.01. The maximum atomic E-state index is 11.8. The molecule has 0 aromatic carbocycles. The van der Waals surface area contributed by atoms with E-state index in [0.29, 0.717) is 0 Å². The molecule has 7 heteroatoms. The van der Waals surface area contributed by atoms with Crippen LogP contribution in [0.3, 0.4) is 0 Å². The lowest BCUT2D eigenvalue weighted by Gasteiger charge is -2.17. The quantitative estimate of drug-likeness (QED) is 0.731. The molecule has 1 aromatic heterocycles. The van der Waals surface area contributed by atoms with Gasteiger partial charge in [0.05, 0.1) is 10.4 Å². The summed E-state index contributed by atoms with van der Waals surface area (Å²) < 4.78 is 0. The van der Waals surface area contributed by atoms with Gasteiger partial charge in [-0.25, -0.2) is 4.79 Å². The summed E-state index contributed by atoms with van der Waals surface area (Å²) in [7, 11) is 0. The molecule has 0 saturated heterocycles. The molecule has 0 fully saturated rings. The minimum atomic E-state index is -1.09. The average molecular weight is 270 g/mol. The van der Waals surface area contributed by atoms with Crippen LogP contribution in [0.1, 0.15) is 33.9 Å². The first-order chi connectivity index (χ1) is 8.32. The van der Waals surface area contributed by atoms with Gasteiger partial charge < -0.3 is 16.2 Å². The number of hydrogen-bond donors (Lipinski definition) is 3. The molecule has 4 N–H and O–H groups in total. The van der Waals surface area contributed by atoms with Crippen molar-refractivity contribution in [2.24, 2.45) is 11.7 Å². The first-order valence-corrected chi connectivity index (χ1v) is 6.13. The molecule has 0 unspecified atom stereocenters. The Hall–Kier alpha value is -1.89. The lowest BCUT2D eigenvalue weighted by Crippen LogP contribution is -2.44. The van der Waals surface area contributed by atoms with Crippen molar-refractivity contribution < 1.29 is 19.5 Å². The van der Waals surface area contributed by atoms with E-state index in [1.807, 2.05) is 0 Å². The number of carbonyl (C=O) groups excluding carboxylic acids is 2. The van der Waals surface area contributed by atoms with Crippen LogP contribution < -0.4 is 11.1 Å². The molecule has 1 atom stereocenters. The van der Waals surface area contributed by atoms with Crippen molar-refractivity contribution in [2.75, 3.05) is 0 Å². The van der Waals surface area contributed by atoms with E-state index in [2.05, 4.69) is 5.32 Å². The standard InChI is InChI=1S/C11H14N2O4S/c1-5(2)8(11(16)17)13-10(15)7-3-6(4-18-7)9(12)14/h3-5,8H,1-2H3,(H2,12,14)(H,13,15)(H,16,17)/t8-/m0/s1. The summed E-state index contributed by atoms with van der Waals surface area (Å²) in [5, 5.41) is 12.8. The molecule has 2 amide bonds. The number of hydrogen-bond acceptors (Lipinski definition) is 4. The molecule has 0 aliphatic heterocycles. The smallest absolute Gasteiger partial charge is 0.326 e. The van der Waals surface area contributed by atoms with Crippen LogP contribution in [-0.4, -0.2) is 28.9 Å². The summed E-state index contributed by atoms with van der Waals surface area (Å²) in [4.78, 5) is 33.9. The van der Waals surface area contributed by atoms with Crippen LogP contribution in [-0.2, 0) is 4.79 Å². The fourth-order valence-corrected chi connectivity index (χ4v) is 2.11. The number of thiophene rings is 1. The summed E-state index contributed by atoms with van der Waals surface area (Å²) in [6.45, 7) is 3.39. The van der Waals surface area contributed by atoms with Crippen molar-refractivity contribution in [1.29, 1.82) is 0 Å². The van der Waals surface area contributed by atoms with E-state index in [1.54, 1.807) is 13.8 Å². The molecule has 0 saturated carbocycles. The summed E-state index contributed by atoms with van der Waals surface area (Å²) >= 11 is 1.05. The Morgan fingerprint density at radius 1 is 1.39 bits per heavy atom. The van der Waals surface area contributed by atoms with E-state index in [9.17, 15) is 14.4 Å². The number of amides is 2. The highest BCUT2D eigenvalue weighted by molar-refractivity contribution is 7.12. The van der Waals surface area contributed by atoms with E-state index in [0.717, 1.165) is 11.3 Å². The molecule has 18 heavy (non-hydrogen) atoms. The monoisotopic (exact) mass is 270 g/mol. The number of nitrogens with two attached hydrogens (primary N) is 1. The van der Waals surface area contributed by atoms with Gasteiger partial charge in [0.2, 0.25) is 5.91 Å². The highest BCUT2D eigenvalue weighted by Crippen LogP contribution is 2.15. The van der Waals surface area contributed by atoms with Gasteiger partial charge in [-0.3, -0.25) is 9.59 Å². The van der Waals surface area contributed by atoms with Crippen molar-refractivity contribution in [3.63, 3.8) is 0 Å². The van der Waals surface area contributed by atoms with Crippen LogP contribution in [0.2, 0.25) is 0 Å². The lowest BCUT2D eigenvalue weighted by atomic mass is 10.0. The van der Waals surface area contributed by atoms with Crippen molar-refractivity contribution in [2.45, 2.75) is 19.9 Å². The number of aliphatic carboxylic acids is 1. The normalized spacial score (nSPS) is 12.2. The van der Waals surface area contributed by atoms with Gasteiger partial charge in [-0.1, -0.05) is 13.8 Å². The molecular weight excluding hydrogens is 256 g/mol. The minimum absolute atomic E-state index is 0.234. The molecule has 1 heterocycles. The first kappa shape index (κ1) is 14.2. The molecule has 0 spiro atoms. The van der Waals surface area contributed by atoms with E-state index in [4.69, 9.17) is 10.8 Å². The molecule has 0 radical (unpaired) electrons. The van der Waals surface area contributed by atoms with E-state index < -0.39 is 23.8 Å². The second-order valence-electron chi connectivity index (χ2n) is 4.10. The number of carbonyl (C=O) groups is 3. The van der Waals surface area contributed by atoms with Crippen molar-refractivity contribution in [3.8, 4) is 0 Å². The zero-order chi connectivity index (χ0) is 13.9. The summed E-state index contributed by atoms with van der Waals surface area (Å²) in [6, 6.07) is 0.387. The maximum absolute atomic E-state index is 11.8. The fourth-order valence-electron chi connectivity index (χ4n) is 1.31. The van der Waals surface area contributed by atoms with E-state index in [1.165, 1.54) is 11.4 Å². The maximum Gasteiger partial charge on any atom is 0.326 e. The van der Waals surface area contributed by atoms with E-state index >= 15 is 0 Å². The Morgan fingerprint density at radius 2 is 2.00 bits per heavy atom. The number of carboxylic acids is 1. The second kappa shape index (κ2) is 5.63. The SMILES string of the molecule is CC(C)[C@H](NC(=O)c1cc(C(N)=O)cs1)C(=O)O. The predicted molar refractivity (Wildman–Crippen MR) is 66.6 cm³/mol. The largest absolute Gasteiger partial charge is 0.480 e. The van der Waals surface area contributed by atoms with Crippen LogP contribution in [0.5, 0.6) is 0 Å². The van der Waals surface area contributed by atoms with Crippen LogP contribution in [0.4, 0.5) is 0 Å². The Morgan fingerprint density at radius 3 is 2.39 bits per heavy atom. The number of primary amides is 1. The van der Waals surface area contributed by atoms with Gasteiger partial charge in [-0.15, -0.1) is 11.3 Å². The van der Waals surface area contributed by atoms with Crippen molar-refractivity contribution in [3.05, 3.63) is 21.9 Å². The molecule has 0 bridgehead atoms. The minimum Gasteiger partial charge on any atom is -0.480 e. The third-order valence-corrected chi connectivity index (χ3v) is 3.26. The van der Waals surface area contributed by atoms with Crippen LogP contribution in [0, 0.1) is 5.92 Å². The summed E-state index contributed by atoms with van der Waals surface area (Å²) in [6.07, 6.45) is 0. The van der Waals surface area contributed by atoms with Crippen LogP contribution >= 0.6 is 11.3 Å². The number of carboxylic acid groups (broad SMARTS) is 1. The van der Waals surface area contributed by atoms with Gasteiger partial charge in [0.25, 0.3) is 5.91 Å². The Balaban J connectivity index is 2.80. The third-order valence-electron chi connectivity index (χ3n) is 2.33. The molecular formula is C11H14N2O4S. The van der Waals surface area contributed by atoms with Crippen LogP contribution in [0.15, 0.2) is 11.4 Å². The van der Waals surface area contributed by atoms with Gasteiger partial charge >= 0.3 is 5.97 Å². The highest BCUT2D eigenvalue weighted by atomic mass is 32.1. The summed E-state index contributed by atoms with van der Waals surface area (Å²) in [5.41, 5.74) is 5.30. The fraction of sp³-hybridized carbons (Fsp3) is 0.364. The van der Waals surface area contributed by atoms with Crippen molar-refractivity contribution >= 4 is 29.1 Å². The Bertz CT molecular complexity index is 481. The van der Waals surface area contributed by atoms with Gasteiger partial charge in [-0.05, 0) is 12.0 Å². The van der Waals surface area contributed by atoms with Crippen molar-refractivity contribution in [1.82, 2.24) is 5.32 Å². The summed E-state index contributed by atoms with van der Waals surface area (Å²) in [5.74, 6) is -2.47. The highest BCUT2D eigenvalue weighted by Gasteiger charge is 2.24. The Labute approximate surface area is 108 Å².